The molecule has 0 saturated carbocycles. The molecule has 0 aliphatic rings. The van der Waals surface area contributed by atoms with Crippen molar-refractivity contribution in [2.45, 2.75) is 39.6 Å². The van der Waals surface area contributed by atoms with E-state index in [1.807, 2.05) is 6.92 Å². The Morgan fingerprint density at radius 2 is 1.78 bits per heavy atom. The van der Waals surface area contributed by atoms with Gasteiger partial charge >= 0.3 is 12.1 Å². The fourth-order valence-corrected chi connectivity index (χ4v) is 3.89. The second kappa shape index (κ2) is 11.2. The minimum Gasteiger partial charge on any atom is -0.449 e. The van der Waals surface area contributed by atoms with Gasteiger partial charge in [0.15, 0.2) is 6.10 Å². The van der Waals surface area contributed by atoms with Crippen LogP contribution in [0.5, 0.6) is 0 Å². The van der Waals surface area contributed by atoms with Gasteiger partial charge in [-0.25, -0.2) is 4.79 Å². The van der Waals surface area contributed by atoms with Crippen molar-refractivity contribution >= 4 is 46.8 Å². The minimum absolute atomic E-state index is 0.0643. The molecule has 0 aliphatic heterocycles. The van der Waals surface area contributed by atoms with Crippen LogP contribution < -0.4 is 5.32 Å². The maximum absolute atomic E-state index is 12.9. The highest BCUT2D eigenvalue weighted by molar-refractivity contribution is 6.36. The van der Waals surface area contributed by atoms with Crippen LogP contribution in [0.2, 0.25) is 10.0 Å². The summed E-state index contributed by atoms with van der Waals surface area (Å²) in [5, 5.41) is 7.80. The minimum atomic E-state index is -4.55. The van der Waals surface area contributed by atoms with E-state index in [-0.39, 0.29) is 5.69 Å². The SMILES string of the molecule is Cc1nn(Cc2c(Cl)cccc2Cl)c(C)c1C=CC(=O)OC(C)C(=O)Nc1cccc(C(F)(F)F)c1. The third-order valence-corrected chi connectivity index (χ3v) is 6.02. The van der Waals surface area contributed by atoms with Crippen molar-refractivity contribution in [1.82, 2.24) is 9.78 Å². The summed E-state index contributed by atoms with van der Waals surface area (Å²) in [5.41, 5.74) is 1.82. The highest BCUT2D eigenvalue weighted by Crippen LogP contribution is 2.31. The number of benzene rings is 2. The van der Waals surface area contributed by atoms with Gasteiger partial charge in [-0.1, -0.05) is 35.3 Å². The van der Waals surface area contributed by atoms with Crippen LogP contribution in [0.4, 0.5) is 18.9 Å². The average Bonchev–Trinajstić information content (AvgIpc) is 3.06. The molecule has 1 aromatic heterocycles. The van der Waals surface area contributed by atoms with Gasteiger partial charge < -0.3 is 10.1 Å². The van der Waals surface area contributed by atoms with Crippen LogP contribution in [0.1, 0.15) is 35.0 Å². The van der Waals surface area contributed by atoms with E-state index in [4.69, 9.17) is 27.9 Å². The number of ether oxygens (including phenoxy) is 1. The smallest absolute Gasteiger partial charge is 0.416 e. The van der Waals surface area contributed by atoms with Gasteiger partial charge in [0, 0.05) is 38.6 Å². The van der Waals surface area contributed by atoms with Gasteiger partial charge in [-0.3, -0.25) is 9.48 Å². The molecule has 1 atom stereocenters. The van der Waals surface area contributed by atoms with E-state index in [2.05, 4.69) is 10.4 Å². The predicted octanol–water partition coefficient (Wildman–Crippen LogP) is 6.46. The maximum atomic E-state index is 12.9. The summed E-state index contributed by atoms with van der Waals surface area (Å²) in [6.45, 7) is 5.24. The second-order valence-corrected chi connectivity index (χ2v) is 8.74. The van der Waals surface area contributed by atoms with Crippen molar-refractivity contribution in [3.63, 3.8) is 0 Å². The van der Waals surface area contributed by atoms with Gasteiger partial charge in [0.05, 0.1) is 17.8 Å². The number of alkyl halides is 3. The van der Waals surface area contributed by atoms with Crippen molar-refractivity contribution in [3.8, 4) is 0 Å². The van der Waals surface area contributed by atoms with Gasteiger partial charge in [0.1, 0.15) is 0 Å². The highest BCUT2D eigenvalue weighted by atomic mass is 35.5. The number of aromatic nitrogens is 2. The number of esters is 1. The number of halogens is 5. The molecule has 6 nitrogen and oxygen atoms in total. The number of anilines is 1. The Kier molecular flexibility index (Phi) is 8.47. The molecular weight excluding hydrogens is 518 g/mol. The number of nitrogens with zero attached hydrogens (tertiary/aromatic N) is 2. The Labute approximate surface area is 215 Å². The van der Waals surface area contributed by atoms with Crippen molar-refractivity contribution in [2.75, 3.05) is 5.32 Å². The summed E-state index contributed by atoms with van der Waals surface area (Å²) in [6.07, 6.45) is -3.13. The zero-order chi connectivity index (χ0) is 26.6. The van der Waals surface area contributed by atoms with Crippen molar-refractivity contribution in [1.29, 1.82) is 0 Å². The number of aryl methyl sites for hydroxylation is 1. The molecule has 1 unspecified atom stereocenters. The number of amides is 1. The molecule has 0 spiro atoms. The van der Waals surface area contributed by atoms with Crippen molar-refractivity contribution in [2.24, 2.45) is 0 Å². The third-order valence-electron chi connectivity index (χ3n) is 5.31. The third kappa shape index (κ3) is 6.67. The standard InChI is InChI=1S/C25H22Cl2F3N3O3/c1-14-19(15(2)33(32-14)13-20-21(26)8-5-9-22(20)27)10-11-23(34)36-16(3)24(35)31-18-7-4-6-17(12-18)25(28,29)30/h4-12,16H,13H2,1-3H3,(H,31,35). The van der Waals surface area contributed by atoms with Gasteiger partial charge in [-0.15, -0.1) is 0 Å². The zero-order valence-electron chi connectivity index (χ0n) is 19.5. The Bertz CT molecular complexity index is 1300. The molecule has 0 radical (unpaired) electrons. The maximum Gasteiger partial charge on any atom is 0.416 e. The summed E-state index contributed by atoms with van der Waals surface area (Å²) in [7, 11) is 0. The summed E-state index contributed by atoms with van der Waals surface area (Å²) in [4.78, 5) is 24.6. The van der Waals surface area contributed by atoms with Gasteiger partial charge in [0.2, 0.25) is 0 Å². The largest absolute Gasteiger partial charge is 0.449 e. The zero-order valence-corrected chi connectivity index (χ0v) is 21.0. The summed E-state index contributed by atoms with van der Waals surface area (Å²) < 4.78 is 45.4. The van der Waals surface area contributed by atoms with Crippen LogP contribution in [-0.4, -0.2) is 27.8 Å². The molecule has 36 heavy (non-hydrogen) atoms. The van der Waals surface area contributed by atoms with Crippen LogP contribution in [0.3, 0.4) is 0 Å². The lowest BCUT2D eigenvalue weighted by Gasteiger charge is -2.13. The van der Waals surface area contributed by atoms with E-state index in [1.54, 1.807) is 29.8 Å². The van der Waals surface area contributed by atoms with Gasteiger partial charge in [-0.2, -0.15) is 18.3 Å². The van der Waals surface area contributed by atoms with E-state index in [0.29, 0.717) is 33.4 Å². The second-order valence-electron chi connectivity index (χ2n) is 7.92. The number of hydrogen-bond donors (Lipinski definition) is 1. The molecular formula is C25H22Cl2F3N3O3. The lowest BCUT2D eigenvalue weighted by atomic mass is 10.1. The first-order valence-corrected chi connectivity index (χ1v) is 11.5. The Morgan fingerprint density at radius 1 is 1.14 bits per heavy atom. The molecule has 11 heteroatoms. The van der Waals surface area contributed by atoms with Crippen LogP contribution in [0.15, 0.2) is 48.5 Å². The molecule has 190 valence electrons. The first kappa shape index (κ1) is 27.3. The van der Waals surface area contributed by atoms with E-state index in [0.717, 1.165) is 23.9 Å². The molecule has 2 aromatic carbocycles. The number of carbonyl (C=O) groups is 2. The molecule has 0 fully saturated rings. The Balaban J connectivity index is 1.64. The average molecular weight is 540 g/mol. The molecule has 1 amide bonds. The monoisotopic (exact) mass is 539 g/mol. The Morgan fingerprint density at radius 3 is 2.42 bits per heavy atom. The lowest BCUT2D eigenvalue weighted by Crippen LogP contribution is -2.29. The molecule has 0 aliphatic carbocycles. The van der Waals surface area contributed by atoms with Crippen molar-refractivity contribution < 1.29 is 27.5 Å². The van der Waals surface area contributed by atoms with Gasteiger partial charge in [-0.05, 0) is 57.2 Å². The van der Waals surface area contributed by atoms with E-state index in [1.165, 1.54) is 25.1 Å². The van der Waals surface area contributed by atoms with Crippen LogP contribution in [-0.2, 0) is 27.0 Å². The van der Waals surface area contributed by atoms with Crippen LogP contribution in [0.25, 0.3) is 6.08 Å². The molecule has 1 N–H and O–H groups in total. The fraction of sp³-hybridized carbons (Fsp3) is 0.240. The number of carbonyl (C=O) groups excluding carboxylic acids is 2. The summed E-state index contributed by atoms with van der Waals surface area (Å²) >= 11 is 12.5. The van der Waals surface area contributed by atoms with Crippen molar-refractivity contribution in [3.05, 3.63) is 86.7 Å². The molecule has 0 bridgehead atoms. The normalized spacial score (nSPS) is 12.6. The van der Waals surface area contributed by atoms with E-state index in [9.17, 15) is 22.8 Å². The topological polar surface area (TPSA) is 73.2 Å². The van der Waals surface area contributed by atoms with Crippen LogP contribution >= 0.6 is 23.2 Å². The summed E-state index contributed by atoms with van der Waals surface area (Å²) in [5.74, 6) is -1.57. The lowest BCUT2D eigenvalue weighted by molar-refractivity contribution is -0.148. The quantitative estimate of drug-likeness (QED) is 0.276. The summed E-state index contributed by atoms with van der Waals surface area (Å²) in [6, 6.07) is 9.37. The number of rotatable bonds is 7. The molecule has 1 heterocycles. The predicted molar refractivity (Wildman–Crippen MR) is 132 cm³/mol. The fourth-order valence-electron chi connectivity index (χ4n) is 3.37. The molecule has 3 rings (SSSR count). The molecule has 0 saturated heterocycles. The molecule has 3 aromatic rings. The van der Waals surface area contributed by atoms with Gasteiger partial charge in [0.25, 0.3) is 5.91 Å². The van der Waals surface area contributed by atoms with E-state index >= 15 is 0 Å². The first-order chi connectivity index (χ1) is 16.9. The Hall–Kier alpha value is -3.30. The van der Waals surface area contributed by atoms with E-state index < -0.39 is 29.7 Å². The number of nitrogens with one attached hydrogen (secondary N) is 1. The first-order valence-electron chi connectivity index (χ1n) is 10.7. The highest BCUT2D eigenvalue weighted by Gasteiger charge is 2.30. The van der Waals surface area contributed by atoms with Crippen LogP contribution in [0, 0.1) is 13.8 Å². The number of hydrogen-bond acceptors (Lipinski definition) is 4.